The van der Waals surface area contributed by atoms with Gasteiger partial charge in [-0.2, -0.15) is 0 Å². The third kappa shape index (κ3) is 7.65. The van der Waals surface area contributed by atoms with Crippen LogP contribution in [0.15, 0.2) is 4.99 Å². The summed E-state index contributed by atoms with van der Waals surface area (Å²) in [7, 11) is 1.74. The third-order valence-electron chi connectivity index (χ3n) is 3.97. The maximum atomic E-state index is 11.5. The minimum absolute atomic E-state index is 0.179. The van der Waals surface area contributed by atoms with Crippen molar-refractivity contribution in [2.24, 2.45) is 10.9 Å². The van der Waals surface area contributed by atoms with Crippen molar-refractivity contribution in [3.63, 3.8) is 0 Å². The fraction of sp³-hybridized carbons (Fsp3) is 0.875. The molecule has 2 aliphatic rings. The van der Waals surface area contributed by atoms with Crippen molar-refractivity contribution >= 4 is 11.9 Å². The first-order valence-electron chi connectivity index (χ1n) is 8.71. The van der Waals surface area contributed by atoms with Crippen molar-refractivity contribution in [2.75, 3.05) is 46.5 Å². The summed E-state index contributed by atoms with van der Waals surface area (Å²) in [5.41, 5.74) is 0. The highest BCUT2D eigenvalue weighted by Crippen LogP contribution is 2.28. The summed E-state index contributed by atoms with van der Waals surface area (Å²) in [6.07, 6.45) is 5.56. The van der Waals surface area contributed by atoms with Gasteiger partial charge in [0.15, 0.2) is 5.96 Å². The van der Waals surface area contributed by atoms with Crippen LogP contribution in [-0.2, 0) is 14.3 Å². The lowest BCUT2D eigenvalue weighted by atomic mass is 10.2. The number of hydrogen-bond donors (Lipinski definition) is 3. The Hall–Kier alpha value is -1.34. The van der Waals surface area contributed by atoms with Crippen LogP contribution < -0.4 is 16.0 Å². The highest BCUT2D eigenvalue weighted by molar-refractivity contribution is 5.81. The van der Waals surface area contributed by atoms with Crippen LogP contribution in [0.4, 0.5) is 0 Å². The zero-order valence-electron chi connectivity index (χ0n) is 14.1. The summed E-state index contributed by atoms with van der Waals surface area (Å²) in [4.78, 5) is 15.6. The van der Waals surface area contributed by atoms with Crippen molar-refractivity contribution in [3.05, 3.63) is 0 Å². The molecule has 7 heteroatoms. The Balaban J connectivity index is 1.40. The minimum atomic E-state index is 0.179. The monoisotopic (exact) mass is 326 g/mol. The first kappa shape index (κ1) is 18.0. The largest absolute Gasteiger partial charge is 0.379 e. The van der Waals surface area contributed by atoms with E-state index in [1.54, 1.807) is 7.05 Å². The SMILES string of the molecule is CN=C(NCCCOCC1CCCO1)NCCNC(=O)C1CC1. The fourth-order valence-corrected chi connectivity index (χ4v) is 2.45. The Morgan fingerprint density at radius 2 is 1.96 bits per heavy atom. The van der Waals surface area contributed by atoms with E-state index in [1.807, 2.05) is 0 Å². The maximum absolute atomic E-state index is 11.5. The Morgan fingerprint density at radius 3 is 2.65 bits per heavy atom. The Kier molecular flexibility index (Phi) is 8.17. The van der Waals surface area contributed by atoms with Crippen molar-refractivity contribution in [3.8, 4) is 0 Å². The average molecular weight is 326 g/mol. The van der Waals surface area contributed by atoms with Crippen LogP contribution >= 0.6 is 0 Å². The number of hydrogen-bond acceptors (Lipinski definition) is 4. The lowest BCUT2D eigenvalue weighted by Crippen LogP contribution is -2.42. The van der Waals surface area contributed by atoms with Crippen LogP contribution in [-0.4, -0.2) is 64.5 Å². The van der Waals surface area contributed by atoms with E-state index < -0.39 is 0 Å². The Labute approximate surface area is 138 Å². The van der Waals surface area contributed by atoms with Crippen molar-refractivity contribution in [1.29, 1.82) is 0 Å². The van der Waals surface area contributed by atoms with Crippen LogP contribution in [0.1, 0.15) is 32.1 Å². The fourth-order valence-electron chi connectivity index (χ4n) is 2.45. The van der Waals surface area contributed by atoms with Crippen molar-refractivity contribution < 1.29 is 14.3 Å². The van der Waals surface area contributed by atoms with Gasteiger partial charge in [0.1, 0.15) is 0 Å². The summed E-state index contributed by atoms with van der Waals surface area (Å²) >= 11 is 0. The van der Waals surface area contributed by atoms with Gasteiger partial charge in [0.05, 0.1) is 12.7 Å². The van der Waals surface area contributed by atoms with Gasteiger partial charge in [-0.15, -0.1) is 0 Å². The maximum Gasteiger partial charge on any atom is 0.223 e. The summed E-state index contributed by atoms with van der Waals surface area (Å²) in [5, 5.41) is 9.34. The molecule has 0 aromatic rings. The molecule has 7 nitrogen and oxygen atoms in total. The highest BCUT2D eigenvalue weighted by Gasteiger charge is 2.28. The van der Waals surface area contributed by atoms with Gasteiger partial charge in [-0.05, 0) is 32.1 Å². The van der Waals surface area contributed by atoms with Crippen LogP contribution in [0.25, 0.3) is 0 Å². The molecule has 1 unspecified atom stereocenters. The molecule has 1 heterocycles. The number of rotatable bonds is 10. The lowest BCUT2D eigenvalue weighted by Gasteiger charge is -2.13. The molecule has 1 atom stereocenters. The first-order valence-corrected chi connectivity index (χ1v) is 8.71. The van der Waals surface area contributed by atoms with Gasteiger partial charge in [-0.25, -0.2) is 0 Å². The molecular weight excluding hydrogens is 296 g/mol. The molecule has 1 aliphatic heterocycles. The smallest absolute Gasteiger partial charge is 0.223 e. The average Bonchev–Trinajstić information content (AvgIpc) is 3.29. The normalized spacial score (nSPS) is 21.3. The zero-order valence-corrected chi connectivity index (χ0v) is 14.1. The van der Waals surface area contributed by atoms with Crippen LogP contribution in [0.3, 0.4) is 0 Å². The van der Waals surface area contributed by atoms with E-state index in [-0.39, 0.29) is 11.8 Å². The molecule has 2 rings (SSSR count). The number of ether oxygens (including phenoxy) is 2. The summed E-state index contributed by atoms with van der Waals surface area (Å²) in [6, 6.07) is 0. The topological polar surface area (TPSA) is 84.0 Å². The standard InChI is InChI=1S/C16H30N4O3/c1-17-16(20-9-8-18-15(21)13-5-6-13)19-7-3-10-22-12-14-4-2-11-23-14/h13-14H,2-12H2,1H3,(H,18,21)(H2,17,19,20). The number of carbonyl (C=O) groups is 1. The number of amides is 1. The zero-order chi connectivity index (χ0) is 16.3. The van der Waals surface area contributed by atoms with E-state index in [1.165, 1.54) is 0 Å². The molecule has 132 valence electrons. The number of guanidine groups is 1. The van der Waals surface area contributed by atoms with Crippen LogP contribution in [0.2, 0.25) is 0 Å². The summed E-state index contributed by atoms with van der Waals surface area (Å²) < 4.78 is 11.1. The molecule has 2 fully saturated rings. The van der Waals surface area contributed by atoms with Gasteiger partial charge >= 0.3 is 0 Å². The van der Waals surface area contributed by atoms with Gasteiger partial charge in [-0.1, -0.05) is 0 Å². The Bertz CT molecular complexity index is 380. The number of aliphatic imine (C=N–C) groups is 1. The molecular formula is C16H30N4O3. The second kappa shape index (κ2) is 10.4. The predicted octanol–water partition coefficient (Wildman–Crippen LogP) is 0.263. The van der Waals surface area contributed by atoms with E-state index in [9.17, 15) is 4.79 Å². The van der Waals surface area contributed by atoms with Gasteiger partial charge in [0, 0.05) is 45.8 Å². The summed E-state index contributed by atoms with van der Waals surface area (Å²) in [6.45, 7) is 4.40. The molecule has 1 amide bonds. The van der Waals surface area contributed by atoms with Gasteiger partial charge in [0.25, 0.3) is 0 Å². The van der Waals surface area contributed by atoms with E-state index in [0.717, 1.165) is 57.8 Å². The molecule has 1 saturated heterocycles. The van der Waals surface area contributed by atoms with Gasteiger partial charge < -0.3 is 25.4 Å². The molecule has 0 spiro atoms. The Morgan fingerprint density at radius 1 is 1.17 bits per heavy atom. The molecule has 0 aromatic carbocycles. The molecule has 23 heavy (non-hydrogen) atoms. The lowest BCUT2D eigenvalue weighted by molar-refractivity contribution is -0.122. The first-order chi connectivity index (χ1) is 11.3. The quantitative estimate of drug-likeness (QED) is 0.305. The van der Waals surface area contributed by atoms with E-state index >= 15 is 0 Å². The van der Waals surface area contributed by atoms with Crippen molar-refractivity contribution in [1.82, 2.24) is 16.0 Å². The molecule has 0 radical (unpaired) electrons. The minimum Gasteiger partial charge on any atom is -0.379 e. The number of nitrogens with zero attached hydrogens (tertiary/aromatic N) is 1. The second-order valence-corrected chi connectivity index (χ2v) is 6.05. The molecule has 0 aromatic heterocycles. The molecule has 1 aliphatic carbocycles. The molecule has 1 saturated carbocycles. The third-order valence-corrected chi connectivity index (χ3v) is 3.97. The van der Waals surface area contributed by atoms with E-state index in [2.05, 4.69) is 20.9 Å². The van der Waals surface area contributed by atoms with Gasteiger partial charge in [0.2, 0.25) is 5.91 Å². The van der Waals surface area contributed by atoms with E-state index in [0.29, 0.717) is 25.8 Å². The molecule has 0 bridgehead atoms. The number of carbonyl (C=O) groups excluding carboxylic acids is 1. The molecule has 3 N–H and O–H groups in total. The number of nitrogens with one attached hydrogen (secondary N) is 3. The van der Waals surface area contributed by atoms with Crippen LogP contribution in [0, 0.1) is 5.92 Å². The van der Waals surface area contributed by atoms with E-state index in [4.69, 9.17) is 9.47 Å². The van der Waals surface area contributed by atoms with Gasteiger partial charge in [-0.3, -0.25) is 9.79 Å². The van der Waals surface area contributed by atoms with Crippen LogP contribution in [0.5, 0.6) is 0 Å². The van der Waals surface area contributed by atoms with Crippen molar-refractivity contribution in [2.45, 2.75) is 38.2 Å². The second-order valence-electron chi connectivity index (χ2n) is 6.05. The summed E-state index contributed by atoms with van der Waals surface area (Å²) in [5.74, 6) is 1.20. The highest BCUT2D eigenvalue weighted by atomic mass is 16.5. The predicted molar refractivity (Wildman–Crippen MR) is 89.5 cm³/mol.